The summed E-state index contributed by atoms with van der Waals surface area (Å²) >= 11 is 0. The molecule has 1 heterocycles. The molecule has 0 unspecified atom stereocenters. The smallest absolute Gasteiger partial charge is 0.239 e. The second-order valence-corrected chi connectivity index (χ2v) is 11.4. The first-order valence-electron chi connectivity index (χ1n) is 15.2. The standard InChI is InChI=1S/C33H49N5O/c1-6-7-8-9-10-11-12-13-14-18-24-38-36-32(35-37-38)30(27-20-16-15-17-21-27)33(39)34-31-28(25(2)3)22-19-23-29(31)26(4)5/h15-17,19-23,25-26,30H,6-14,18,24H2,1-5H3,(H,34,39)/t30-/m0/s1. The number of anilines is 1. The fraction of sp³-hybridized carbons (Fsp3) is 0.576. The second-order valence-electron chi connectivity index (χ2n) is 11.4. The third kappa shape index (κ3) is 9.29. The minimum Gasteiger partial charge on any atom is -0.325 e. The molecule has 3 rings (SSSR count). The number of nitrogens with one attached hydrogen (secondary N) is 1. The molecule has 0 radical (unpaired) electrons. The van der Waals surface area contributed by atoms with Gasteiger partial charge in [0.05, 0.1) is 6.54 Å². The zero-order valence-electron chi connectivity index (χ0n) is 24.8. The summed E-state index contributed by atoms with van der Waals surface area (Å²) in [7, 11) is 0. The number of unbranched alkanes of at least 4 members (excludes halogenated alkanes) is 9. The first-order chi connectivity index (χ1) is 18.9. The lowest BCUT2D eigenvalue weighted by atomic mass is 9.91. The lowest BCUT2D eigenvalue weighted by molar-refractivity contribution is -0.116. The summed E-state index contributed by atoms with van der Waals surface area (Å²) in [5.41, 5.74) is 4.05. The van der Waals surface area contributed by atoms with E-state index in [4.69, 9.17) is 0 Å². The third-order valence-electron chi connectivity index (χ3n) is 7.45. The number of rotatable bonds is 17. The molecule has 0 spiro atoms. The highest BCUT2D eigenvalue weighted by atomic mass is 16.2. The average molecular weight is 532 g/mol. The summed E-state index contributed by atoms with van der Waals surface area (Å²) in [6, 6.07) is 16.1. The van der Waals surface area contributed by atoms with E-state index in [2.05, 4.69) is 73.5 Å². The highest BCUT2D eigenvalue weighted by Gasteiger charge is 2.29. The Morgan fingerprint density at radius 1 is 0.769 bits per heavy atom. The third-order valence-corrected chi connectivity index (χ3v) is 7.45. The molecule has 1 aromatic heterocycles. The minimum atomic E-state index is -0.632. The Morgan fingerprint density at radius 3 is 1.90 bits per heavy atom. The Balaban J connectivity index is 1.66. The van der Waals surface area contributed by atoms with Gasteiger partial charge in [0, 0.05) is 5.69 Å². The van der Waals surface area contributed by atoms with E-state index in [9.17, 15) is 4.79 Å². The van der Waals surface area contributed by atoms with Crippen molar-refractivity contribution in [1.82, 2.24) is 20.2 Å². The van der Waals surface area contributed by atoms with Crippen molar-refractivity contribution in [2.24, 2.45) is 0 Å². The van der Waals surface area contributed by atoms with E-state index in [-0.39, 0.29) is 17.7 Å². The summed E-state index contributed by atoms with van der Waals surface area (Å²) in [5, 5.41) is 16.6. The molecular weight excluding hydrogens is 482 g/mol. The largest absolute Gasteiger partial charge is 0.325 e. The summed E-state index contributed by atoms with van der Waals surface area (Å²) in [6.45, 7) is 11.6. The first kappa shape index (κ1) is 30.5. The number of benzene rings is 2. The predicted octanol–water partition coefficient (Wildman–Crippen LogP) is 8.61. The molecule has 1 N–H and O–H groups in total. The number of nitrogens with zero attached hydrogens (tertiary/aromatic N) is 4. The normalized spacial score (nSPS) is 12.3. The van der Waals surface area contributed by atoms with Gasteiger partial charge in [0.1, 0.15) is 5.92 Å². The van der Waals surface area contributed by atoms with E-state index < -0.39 is 5.92 Å². The van der Waals surface area contributed by atoms with E-state index >= 15 is 0 Å². The highest BCUT2D eigenvalue weighted by Crippen LogP contribution is 2.34. The van der Waals surface area contributed by atoms with Crippen LogP contribution in [-0.4, -0.2) is 26.1 Å². The fourth-order valence-electron chi connectivity index (χ4n) is 5.16. The Kier molecular flexibility index (Phi) is 12.7. The van der Waals surface area contributed by atoms with Crippen molar-refractivity contribution in [1.29, 1.82) is 0 Å². The van der Waals surface area contributed by atoms with Gasteiger partial charge in [0.15, 0.2) is 5.82 Å². The highest BCUT2D eigenvalue weighted by molar-refractivity contribution is 5.99. The molecule has 0 saturated heterocycles. The van der Waals surface area contributed by atoms with Crippen LogP contribution in [0.1, 0.15) is 139 Å². The molecule has 0 fully saturated rings. The van der Waals surface area contributed by atoms with Gasteiger partial charge in [-0.15, -0.1) is 10.2 Å². The molecule has 0 bridgehead atoms. The lowest BCUT2D eigenvalue weighted by Gasteiger charge is -2.22. The van der Waals surface area contributed by atoms with E-state index in [1.807, 2.05) is 30.3 Å². The molecule has 0 aliphatic rings. The first-order valence-corrected chi connectivity index (χ1v) is 15.2. The van der Waals surface area contributed by atoms with Gasteiger partial charge in [-0.25, -0.2) is 0 Å². The van der Waals surface area contributed by atoms with Crippen molar-refractivity contribution in [2.75, 3.05) is 5.32 Å². The maximum atomic E-state index is 13.9. The Hall–Kier alpha value is -3.02. The van der Waals surface area contributed by atoms with Crippen molar-refractivity contribution >= 4 is 11.6 Å². The zero-order chi connectivity index (χ0) is 28.0. The molecule has 6 nitrogen and oxygen atoms in total. The minimum absolute atomic E-state index is 0.130. The van der Waals surface area contributed by atoms with Gasteiger partial charge in [0.2, 0.25) is 5.91 Å². The van der Waals surface area contributed by atoms with Crippen molar-refractivity contribution in [3.63, 3.8) is 0 Å². The van der Waals surface area contributed by atoms with Crippen LogP contribution in [0, 0.1) is 0 Å². The van der Waals surface area contributed by atoms with Crippen LogP contribution in [0.3, 0.4) is 0 Å². The lowest BCUT2D eigenvalue weighted by Crippen LogP contribution is -2.25. The molecule has 1 atom stereocenters. The van der Waals surface area contributed by atoms with Crippen LogP contribution < -0.4 is 5.32 Å². The van der Waals surface area contributed by atoms with Gasteiger partial charge in [-0.3, -0.25) is 4.79 Å². The molecule has 0 aliphatic heterocycles. The van der Waals surface area contributed by atoms with Crippen LogP contribution in [0.5, 0.6) is 0 Å². The SMILES string of the molecule is CCCCCCCCCCCCn1nnc([C@@H](C(=O)Nc2c(C(C)C)cccc2C(C)C)c2ccccc2)n1. The predicted molar refractivity (Wildman–Crippen MR) is 161 cm³/mol. The van der Waals surface area contributed by atoms with Gasteiger partial charge in [-0.1, -0.05) is 141 Å². The van der Waals surface area contributed by atoms with Crippen LogP contribution >= 0.6 is 0 Å². The molecule has 2 aromatic carbocycles. The van der Waals surface area contributed by atoms with Crippen LogP contribution in [0.2, 0.25) is 0 Å². The van der Waals surface area contributed by atoms with Gasteiger partial charge < -0.3 is 5.32 Å². The monoisotopic (exact) mass is 531 g/mol. The zero-order valence-corrected chi connectivity index (χ0v) is 24.8. The van der Waals surface area contributed by atoms with E-state index in [0.717, 1.165) is 35.3 Å². The maximum absolute atomic E-state index is 13.9. The number of para-hydroxylation sites is 1. The molecule has 1 amide bonds. The summed E-state index contributed by atoms with van der Waals surface area (Å²) < 4.78 is 0. The van der Waals surface area contributed by atoms with Crippen molar-refractivity contribution in [3.8, 4) is 0 Å². The van der Waals surface area contributed by atoms with E-state index in [1.165, 1.54) is 57.8 Å². The van der Waals surface area contributed by atoms with Gasteiger partial charge in [-0.05, 0) is 40.2 Å². The quantitative estimate of drug-likeness (QED) is 0.177. The molecule has 0 aliphatic carbocycles. The summed E-state index contributed by atoms with van der Waals surface area (Å²) in [6.07, 6.45) is 12.8. The average Bonchev–Trinajstić information content (AvgIpc) is 3.38. The van der Waals surface area contributed by atoms with Crippen molar-refractivity contribution in [2.45, 2.75) is 123 Å². The number of aryl methyl sites for hydroxylation is 1. The summed E-state index contributed by atoms with van der Waals surface area (Å²) in [4.78, 5) is 15.5. The number of amides is 1. The van der Waals surface area contributed by atoms with Crippen LogP contribution in [0.4, 0.5) is 5.69 Å². The fourth-order valence-corrected chi connectivity index (χ4v) is 5.16. The van der Waals surface area contributed by atoms with Gasteiger partial charge in [0.25, 0.3) is 0 Å². The molecule has 212 valence electrons. The Morgan fingerprint density at radius 2 is 1.33 bits per heavy atom. The number of tetrazole rings is 1. The van der Waals surface area contributed by atoms with Crippen LogP contribution in [0.25, 0.3) is 0 Å². The van der Waals surface area contributed by atoms with Crippen LogP contribution in [0.15, 0.2) is 48.5 Å². The second kappa shape index (κ2) is 16.2. The number of carbonyl (C=O) groups excluding carboxylic acids is 1. The molecule has 3 aromatic rings. The van der Waals surface area contributed by atoms with Crippen molar-refractivity contribution in [3.05, 3.63) is 71.0 Å². The molecular formula is C33H49N5O. The van der Waals surface area contributed by atoms with E-state index in [0.29, 0.717) is 5.82 Å². The number of hydrogen-bond donors (Lipinski definition) is 1. The Bertz CT molecular complexity index is 1100. The van der Waals surface area contributed by atoms with Gasteiger partial charge >= 0.3 is 0 Å². The molecule has 6 heteroatoms. The number of carbonyl (C=O) groups is 1. The number of hydrogen-bond acceptors (Lipinski definition) is 4. The topological polar surface area (TPSA) is 72.7 Å². The number of aromatic nitrogens is 4. The maximum Gasteiger partial charge on any atom is 0.239 e. The van der Waals surface area contributed by atoms with Crippen molar-refractivity contribution < 1.29 is 4.79 Å². The molecule has 0 saturated carbocycles. The summed E-state index contributed by atoms with van der Waals surface area (Å²) in [5.74, 6) is 0.255. The van der Waals surface area contributed by atoms with Gasteiger partial charge in [-0.2, -0.15) is 4.80 Å². The Labute approximate surface area is 236 Å². The van der Waals surface area contributed by atoms with E-state index in [1.54, 1.807) is 4.80 Å². The van der Waals surface area contributed by atoms with Crippen LogP contribution in [-0.2, 0) is 11.3 Å². The molecule has 39 heavy (non-hydrogen) atoms.